The van der Waals surface area contributed by atoms with Crippen molar-refractivity contribution in [2.24, 2.45) is 29.6 Å². The molecule has 4 heteroatoms. The SMILES string of the molecule is CO[Si](CC1CC2CC1C(C)C2C)(OC)OC. The van der Waals surface area contributed by atoms with E-state index >= 15 is 0 Å². The molecule has 0 aromatic carbocycles. The lowest BCUT2D eigenvalue weighted by atomic mass is 9.76. The Bertz CT molecular complexity index is 257. The maximum Gasteiger partial charge on any atom is 0.500 e. The molecule has 0 radical (unpaired) electrons. The summed E-state index contributed by atoms with van der Waals surface area (Å²) >= 11 is 0. The molecular formula is C13H26O3Si. The van der Waals surface area contributed by atoms with Crippen LogP contribution in [0.5, 0.6) is 0 Å². The number of fused-ring (bicyclic) bond motifs is 2. The smallest absolute Gasteiger partial charge is 0.377 e. The molecule has 17 heavy (non-hydrogen) atoms. The van der Waals surface area contributed by atoms with Crippen molar-refractivity contribution in [2.45, 2.75) is 32.7 Å². The van der Waals surface area contributed by atoms with Crippen LogP contribution in [-0.4, -0.2) is 30.1 Å². The topological polar surface area (TPSA) is 27.7 Å². The molecule has 0 saturated heterocycles. The molecule has 2 aliphatic rings. The van der Waals surface area contributed by atoms with E-state index in [4.69, 9.17) is 13.3 Å². The fourth-order valence-electron chi connectivity index (χ4n) is 4.15. The highest BCUT2D eigenvalue weighted by molar-refractivity contribution is 6.60. The molecule has 2 rings (SSSR count). The summed E-state index contributed by atoms with van der Waals surface area (Å²) in [5, 5.41) is 0. The second-order valence-electron chi connectivity index (χ2n) is 5.87. The minimum Gasteiger partial charge on any atom is -0.377 e. The molecule has 0 spiro atoms. The quantitative estimate of drug-likeness (QED) is 0.710. The molecule has 0 aromatic rings. The zero-order valence-electron chi connectivity index (χ0n) is 11.7. The van der Waals surface area contributed by atoms with Crippen molar-refractivity contribution in [1.29, 1.82) is 0 Å². The predicted molar refractivity (Wildman–Crippen MR) is 69.6 cm³/mol. The normalized spacial score (nSPS) is 41.1. The minimum atomic E-state index is -2.37. The van der Waals surface area contributed by atoms with Crippen molar-refractivity contribution in [3.05, 3.63) is 0 Å². The van der Waals surface area contributed by atoms with Crippen LogP contribution in [0.15, 0.2) is 0 Å². The zero-order chi connectivity index (χ0) is 12.6. The van der Waals surface area contributed by atoms with Crippen molar-refractivity contribution in [3.63, 3.8) is 0 Å². The van der Waals surface area contributed by atoms with Gasteiger partial charge in [-0.05, 0) is 42.4 Å². The first-order valence-electron chi connectivity index (χ1n) is 6.72. The molecule has 2 fully saturated rings. The lowest BCUT2D eigenvalue weighted by Crippen LogP contribution is -2.45. The standard InChI is InChI=1S/C13H26O3Si/c1-9-10(2)13-7-11(9)6-12(13)8-17(14-3,15-4)16-5/h9-13H,6-8H2,1-5H3. The Morgan fingerprint density at radius 3 is 1.94 bits per heavy atom. The van der Waals surface area contributed by atoms with Gasteiger partial charge in [0.1, 0.15) is 0 Å². The highest BCUT2D eigenvalue weighted by atomic mass is 28.4. The lowest BCUT2D eigenvalue weighted by molar-refractivity contribution is 0.105. The van der Waals surface area contributed by atoms with E-state index in [0.29, 0.717) is 0 Å². The van der Waals surface area contributed by atoms with Crippen LogP contribution in [-0.2, 0) is 13.3 Å². The molecule has 0 aliphatic heterocycles. The van der Waals surface area contributed by atoms with Crippen LogP contribution in [0.25, 0.3) is 0 Å². The molecule has 5 atom stereocenters. The van der Waals surface area contributed by atoms with Crippen molar-refractivity contribution in [3.8, 4) is 0 Å². The Morgan fingerprint density at radius 1 is 0.941 bits per heavy atom. The molecule has 3 nitrogen and oxygen atoms in total. The summed E-state index contributed by atoms with van der Waals surface area (Å²) in [5.41, 5.74) is 0. The van der Waals surface area contributed by atoms with Gasteiger partial charge in [-0.3, -0.25) is 0 Å². The van der Waals surface area contributed by atoms with Crippen LogP contribution in [0.1, 0.15) is 26.7 Å². The maximum atomic E-state index is 5.56. The van der Waals surface area contributed by atoms with E-state index < -0.39 is 8.80 Å². The predicted octanol–water partition coefficient (Wildman–Crippen LogP) is 2.79. The van der Waals surface area contributed by atoms with E-state index in [1.165, 1.54) is 12.8 Å². The zero-order valence-corrected chi connectivity index (χ0v) is 12.7. The van der Waals surface area contributed by atoms with E-state index in [1.54, 1.807) is 21.3 Å². The van der Waals surface area contributed by atoms with Gasteiger partial charge in [-0.25, -0.2) is 0 Å². The number of hydrogen-bond acceptors (Lipinski definition) is 3. The average molecular weight is 258 g/mol. The van der Waals surface area contributed by atoms with Crippen molar-refractivity contribution in [1.82, 2.24) is 0 Å². The third-order valence-corrected chi connectivity index (χ3v) is 8.37. The monoisotopic (exact) mass is 258 g/mol. The second kappa shape index (κ2) is 5.00. The van der Waals surface area contributed by atoms with Crippen LogP contribution in [0.4, 0.5) is 0 Å². The Kier molecular flexibility index (Phi) is 3.98. The van der Waals surface area contributed by atoms with Crippen LogP contribution < -0.4 is 0 Å². The van der Waals surface area contributed by atoms with Crippen molar-refractivity contribution >= 4 is 8.80 Å². The third kappa shape index (κ3) is 2.20. The summed E-state index contributed by atoms with van der Waals surface area (Å²) in [5.74, 6) is 4.30. The molecule has 2 saturated carbocycles. The Morgan fingerprint density at radius 2 is 1.53 bits per heavy atom. The molecule has 2 aliphatic carbocycles. The molecule has 5 unspecified atom stereocenters. The van der Waals surface area contributed by atoms with Crippen LogP contribution in [0.2, 0.25) is 6.04 Å². The van der Waals surface area contributed by atoms with E-state index in [2.05, 4.69) is 13.8 Å². The average Bonchev–Trinajstić information content (AvgIpc) is 2.87. The van der Waals surface area contributed by atoms with Gasteiger partial charge in [0, 0.05) is 27.4 Å². The van der Waals surface area contributed by atoms with Gasteiger partial charge in [-0.1, -0.05) is 13.8 Å². The van der Waals surface area contributed by atoms with E-state index in [-0.39, 0.29) is 0 Å². The van der Waals surface area contributed by atoms with Crippen molar-refractivity contribution in [2.75, 3.05) is 21.3 Å². The van der Waals surface area contributed by atoms with E-state index in [1.807, 2.05) is 0 Å². The molecule has 100 valence electrons. The minimum absolute atomic E-state index is 0.748. The van der Waals surface area contributed by atoms with Gasteiger partial charge in [0.25, 0.3) is 0 Å². The van der Waals surface area contributed by atoms with Gasteiger partial charge in [0.05, 0.1) is 0 Å². The van der Waals surface area contributed by atoms with Gasteiger partial charge in [0.15, 0.2) is 0 Å². The Hall–Kier alpha value is 0.0969. The van der Waals surface area contributed by atoms with Gasteiger partial charge in [0.2, 0.25) is 0 Å². The summed E-state index contributed by atoms with van der Waals surface area (Å²) in [7, 11) is 2.79. The highest BCUT2D eigenvalue weighted by Crippen LogP contribution is 2.56. The van der Waals surface area contributed by atoms with E-state index in [9.17, 15) is 0 Å². The summed E-state index contributed by atoms with van der Waals surface area (Å²) in [4.78, 5) is 0. The number of hydrogen-bond donors (Lipinski definition) is 0. The molecule has 0 aromatic heterocycles. The molecule has 2 bridgehead atoms. The molecular weight excluding hydrogens is 232 g/mol. The fraction of sp³-hybridized carbons (Fsp3) is 1.00. The maximum absolute atomic E-state index is 5.56. The second-order valence-corrected chi connectivity index (χ2v) is 8.87. The van der Waals surface area contributed by atoms with Gasteiger partial charge in [-0.2, -0.15) is 0 Å². The third-order valence-electron chi connectivity index (χ3n) is 5.48. The highest BCUT2D eigenvalue weighted by Gasteiger charge is 2.52. The van der Waals surface area contributed by atoms with Crippen molar-refractivity contribution < 1.29 is 13.3 Å². The van der Waals surface area contributed by atoms with Gasteiger partial charge >= 0.3 is 8.80 Å². The van der Waals surface area contributed by atoms with Crippen LogP contribution in [0, 0.1) is 29.6 Å². The van der Waals surface area contributed by atoms with Crippen LogP contribution in [0.3, 0.4) is 0 Å². The first kappa shape index (κ1) is 13.5. The number of rotatable bonds is 5. The first-order chi connectivity index (χ1) is 8.06. The Balaban J connectivity index is 2.02. The van der Waals surface area contributed by atoms with E-state index in [0.717, 1.165) is 35.6 Å². The largest absolute Gasteiger partial charge is 0.500 e. The fourth-order valence-corrected chi connectivity index (χ4v) is 6.26. The Labute approximate surface area is 106 Å². The van der Waals surface area contributed by atoms with Gasteiger partial charge in [-0.15, -0.1) is 0 Å². The molecule has 0 amide bonds. The molecule has 0 N–H and O–H groups in total. The lowest BCUT2D eigenvalue weighted by Gasteiger charge is -2.35. The summed E-state index contributed by atoms with van der Waals surface area (Å²) in [6.07, 6.45) is 2.76. The summed E-state index contributed by atoms with van der Waals surface area (Å²) < 4.78 is 16.7. The first-order valence-corrected chi connectivity index (χ1v) is 8.65. The summed E-state index contributed by atoms with van der Waals surface area (Å²) in [6, 6.07) is 0.995. The van der Waals surface area contributed by atoms with Gasteiger partial charge < -0.3 is 13.3 Å². The summed E-state index contributed by atoms with van der Waals surface area (Å²) in [6.45, 7) is 4.83. The molecule has 0 heterocycles. The van der Waals surface area contributed by atoms with Crippen LogP contribution >= 0.6 is 0 Å².